The van der Waals surface area contributed by atoms with Gasteiger partial charge in [0.15, 0.2) is 5.78 Å². The molecule has 0 radical (unpaired) electrons. The number of hydrogen-bond acceptors (Lipinski definition) is 1. The summed E-state index contributed by atoms with van der Waals surface area (Å²) < 4.78 is 26.3. The summed E-state index contributed by atoms with van der Waals surface area (Å²) in [5.41, 5.74) is 1.29. The minimum absolute atomic E-state index is 0.0636. The van der Waals surface area contributed by atoms with E-state index in [0.29, 0.717) is 16.7 Å². The number of benzene rings is 2. The van der Waals surface area contributed by atoms with E-state index in [9.17, 15) is 13.6 Å². The van der Waals surface area contributed by atoms with E-state index in [0.717, 1.165) is 0 Å². The van der Waals surface area contributed by atoms with Gasteiger partial charge in [0.2, 0.25) is 0 Å². The fraction of sp³-hybridized carbons (Fsp3) is 0.0714. The lowest BCUT2D eigenvalue weighted by Crippen LogP contribution is -1.97. The number of hydrogen-bond donors (Lipinski definition) is 0. The molecule has 2 rings (SSSR count). The molecule has 2 aromatic carbocycles. The van der Waals surface area contributed by atoms with Gasteiger partial charge in [-0.25, -0.2) is 8.78 Å². The van der Waals surface area contributed by atoms with Crippen molar-refractivity contribution in [3.8, 4) is 11.1 Å². The average Bonchev–Trinajstić information content (AvgIpc) is 2.32. The summed E-state index contributed by atoms with van der Waals surface area (Å²) in [5, 5.41) is -0.0636. The third kappa shape index (κ3) is 2.41. The van der Waals surface area contributed by atoms with Crippen molar-refractivity contribution in [2.45, 2.75) is 6.92 Å². The molecule has 0 unspecified atom stereocenters. The second-order valence-corrected chi connectivity index (χ2v) is 4.28. The molecule has 0 aliphatic carbocycles. The zero-order valence-electron chi connectivity index (χ0n) is 9.51. The van der Waals surface area contributed by atoms with Crippen molar-refractivity contribution in [1.82, 2.24) is 0 Å². The summed E-state index contributed by atoms with van der Waals surface area (Å²) in [6.07, 6.45) is 0. The zero-order chi connectivity index (χ0) is 13.3. The third-order valence-electron chi connectivity index (χ3n) is 2.59. The molecule has 0 N–H and O–H groups in total. The number of carbonyl (C=O) groups excluding carboxylic acids is 1. The number of rotatable bonds is 2. The van der Waals surface area contributed by atoms with Gasteiger partial charge in [0.25, 0.3) is 0 Å². The van der Waals surface area contributed by atoms with Crippen molar-refractivity contribution in [2.24, 2.45) is 0 Å². The lowest BCUT2D eigenvalue weighted by Gasteiger charge is -2.08. The maximum Gasteiger partial charge on any atom is 0.160 e. The van der Waals surface area contributed by atoms with E-state index in [1.54, 1.807) is 0 Å². The standard InChI is InChI=1S/C14H9ClF2O/c1-8(18)11-4-3-10(16)7-12(11)9-2-5-14(17)13(15)6-9/h2-7H,1H3. The molecule has 0 spiro atoms. The summed E-state index contributed by atoms with van der Waals surface area (Å²) >= 11 is 5.68. The van der Waals surface area contributed by atoms with Crippen molar-refractivity contribution in [3.63, 3.8) is 0 Å². The monoisotopic (exact) mass is 266 g/mol. The highest BCUT2D eigenvalue weighted by atomic mass is 35.5. The molecule has 2 aromatic rings. The Morgan fingerprint density at radius 2 is 1.83 bits per heavy atom. The van der Waals surface area contributed by atoms with Crippen LogP contribution in [0.3, 0.4) is 0 Å². The fourth-order valence-corrected chi connectivity index (χ4v) is 1.91. The van der Waals surface area contributed by atoms with Crippen molar-refractivity contribution in [1.29, 1.82) is 0 Å². The molecule has 18 heavy (non-hydrogen) atoms. The van der Waals surface area contributed by atoms with Gasteiger partial charge in [-0.2, -0.15) is 0 Å². The lowest BCUT2D eigenvalue weighted by atomic mass is 9.97. The van der Waals surface area contributed by atoms with Crippen LogP contribution in [0.5, 0.6) is 0 Å². The SMILES string of the molecule is CC(=O)c1ccc(F)cc1-c1ccc(F)c(Cl)c1. The van der Waals surface area contributed by atoms with Crippen LogP contribution in [-0.4, -0.2) is 5.78 Å². The zero-order valence-corrected chi connectivity index (χ0v) is 10.3. The van der Waals surface area contributed by atoms with Gasteiger partial charge in [0, 0.05) is 5.56 Å². The predicted molar refractivity (Wildman–Crippen MR) is 66.8 cm³/mol. The Balaban J connectivity index is 2.65. The van der Waals surface area contributed by atoms with Crippen LogP contribution in [0.25, 0.3) is 11.1 Å². The normalized spacial score (nSPS) is 10.4. The molecule has 1 nitrogen and oxygen atoms in total. The Kier molecular flexibility index (Phi) is 3.43. The summed E-state index contributed by atoms with van der Waals surface area (Å²) in [5.74, 6) is -1.21. The van der Waals surface area contributed by atoms with Crippen LogP contribution in [-0.2, 0) is 0 Å². The quantitative estimate of drug-likeness (QED) is 0.732. The molecule has 4 heteroatoms. The van der Waals surface area contributed by atoms with E-state index in [4.69, 9.17) is 11.6 Å². The van der Waals surface area contributed by atoms with Crippen LogP contribution >= 0.6 is 11.6 Å². The highest BCUT2D eigenvalue weighted by molar-refractivity contribution is 6.31. The number of ketones is 1. The summed E-state index contributed by atoms with van der Waals surface area (Å²) in [6, 6.07) is 7.88. The van der Waals surface area contributed by atoms with Crippen LogP contribution in [0.1, 0.15) is 17.3 Å². The van der Waals surface area contributed by atoms with E-state index >= 15 is 0 Å². The van der Waals surface area contributed by atoms with Crippen molar-refractivity contribution in [2.75, 3.05) is 0 Å². The largest absolute Gasteiger partial charge is 0.294 e. The molecule has 0 saturated heterocycles. The van der Waals surface area contributed by atoms with Crippen LogP contribution in [0.4, 0.5) is 8.78 Å². The van der Waals surface area contributed by atoms with Crippen LogP contribution < -0.4 is 0 Å². The van der Waals surface area contributed by atoms with Gasteiger partial charge in [-0.3, -0.25) is 4.79 Å². The van der Waals surface area contributed by atoms with Crippen molar-refractivity contribution < 1.29 is 13.6 Å². The molecule has 0 saturated carbocycles. The van der Waals surface area contributed by atoms with Gasteiger partial charge in [0.1, 0.15) is 11.6 Å². The van der Waals surface area contributed by atoms with Crippen LogP contribution in [0.15, 0.2) is 36.4 Å². The van der Waals surface area contributed by atoms with Crippen molar-refractivity contribution in [3.05, 3.63) is 58.6 Å². The van der Waals surface area contributed by atoms with Crippen LogP contribution in [0, 0.1) is 11.6 Å². The highest BCUT2D eigenvalue weighted by Crippen LogP contribution is 2.28. The molecular weight excluding hydrogens is 258 g/mol. The molecule has 0 atom stereocenters. The van der Waals surface area contributed by atoms with E-state index < -0.39 is 11.6 Å². The fourth-order valence-electron chi connectivity index (χ4n) is 1.73. The first-order valence-electron chi connectivity index (χ1n) is 5.25. The first-order valence-corrected chi connectivity index (χ1v) is 5.63. The Bertz CT molecular complexity index is 623. The number of halogens is 3. The van der Waals surface area contributed by atoms with E-state index in [-0.39, 0.29) is 10.8 Å². The summed E-state index contributed by atoms with van der Waals surface area (Å²) in [4.78, 5) is 11.5. The molecule has 0 amide bonds. The Morgan fingerprint density at radius 1 is 1.11 bits per heavy atom. The van der Waals surface area contributed by atoms with Crippen molar-refractivity contribution >= 4 is 17.4 Å². The van der Waals surface area contributed by atoms with Gasteiger partial charge in [-0.05, 0) is 48.4 Å². The minimum atomic E-state index is -0.554. The van der Waals surface area contributed by atoms with E-state index in [1.165, 1.54) is 43.3 Å². The van der Waals surface area contributed by atoms with Gasteiger partial charge >= 0.3 is 0 Å². The smallest absolute Gasteiger partial charge is 0.160 e. The Hall–Kier alpha value is -1.74. The molecule has 0 bridgehead atoms. The Labute approximate surface area is 108 Å². The molecule has 0 heterocycles. The summed E-state index contributed by atoms with van der Waals surface area (Å²) in [6.45, 7) is 1.39. The average molecular weight is 267 g/mol. The third-order valence-corrected chi connectivity index (χ3v) is 2.88. The Morgan fingerprint density at radius 3 is 2.44 bits per heavy atom. The van der Waals surface area contributed by atoms with E-state index in [2.05, 4.69) is 0 Å². The van der Waals surface area contributed by atoms with Gasteiger partial charge in [-0.1, -0.05) is 17.7 Å². The summed E-state index contributed by atoms with van der Waals surface area (Å²) in [7, 11) is 0. The topological polar surface area (TPSA) is 17.1 Å². The molecule has 0 aromatic heterocycles. The van der Waals surface area contributed by atoms with Gasteiger partial charge < -0.3 is 0 Å². The predicted octanol–water partition coefficient (Wildman–Crippen LogP) is 4.49. The maximum atomic E-state index is 13.3. The van der Waals surface area contributed by atoms with Gasteiger partial charge in [0.05, 0.1) is 5.02 Å². The molecule has 0 fully saturated rings. The highest BCUT2D eigenvalue weighted by Gasteiger charge is 2.12. The first-order chi connectivity index (χ1) is 8.49. The second kappa shape index (κ2) is 4.86. The van der Waals surface area contributed by atoms with E-state index in [1.807, 2.05) is 0 Å². The lowest BCUT2D eigenvalue weighted by molar-refractivity contribution is 0.101. The minimum Gasteiger partial charge on any atom is -0.294 e. The number of Topliss-reactive ketones (excluding diaryl/α,β-unsaturated/α-hetero) is 1. The molecular formula is C14H9ClF2O. The molecule has 0 aliphatic heterocycles. The first kappa shape index (κ1) is 12.7. The number of carbonyl (C=O) groups is 1. The van der Waals surface area contributed by atoms with Gasteiger partial charge in [-0.15, -0.1) is 0 Å². The second-order valence-electron chi connectivity index (χ2n) is 3.87. The molecule has 0 aliphatic rings. The van der Waals surface area contributed by atoms with Crippen LogP contribution in [0.2, 0.25) is 5.02 Å². The maximum absolute atomic E-state index is 13.3. The molecule has 92 valence electrons.